The van der Waals surface area contributed by atoms with Crippen molar-refractivity contribution in [3.05, 3.63) is 5.82 Å². The molecular formula is C9H16FN3O2S. The SMILES string of the molecule is CC(C)Cc1nnc(S(=O)(=O)F)n1C(C)C. The van der Waals surface area contributed by atoms with Gasteiger partial charge in [-0.2, -0.15) is 8.42 Å². The van der Waals surface area contributed by atoms with Gasteiger partial charge in [-0.25, -0.2) is 0 Å². The summed E-state index contributed by atoms with van der Waals surface area (Å²) < 4.78 is 36.0. The number of nitrogens with zero attached hydrogens (tertiary/aromatic N) is 3. The van der Waals surface area contributed by atoms with Gasteiger partial charge in [0.2, 0.25) is 0 Å². The Hall–Kier alpha value is -0.980. The van der Waals surface area contributed by atoms with Crippen LogP contribution in [0.5, 0.6) is 0 Å². The van der Waals surface area contributed by atoms with Gasteiger partial charge in [-0.05, 0) is 19.8 Å². The quantitative estimate of drug-likeness (QED) is 0.762. The van der Waals surface area contributed by atoms with Crippen molar-refractivity contribution in [2.24, 2.45) is 5.92 Å². The Balaban J connectivity index is 3.28. The molecule has 0 bridgehead atoms. The van der Waals surface area contributed by atoms with Crippen molar-refractivity contribution in [2.75, 3.05) is 0 Å². The van der Waals surface area contributed by atoms with E-state index in [1.54, 1.807) is 13.8 Å². The highest BCUT2D eigenvalue weighted by atomic mass is 32.3. The van der Waals surface area contributed by atoms with Crippen molar-refractivity contribution >= 4 is 10.2 Å². The molecule has 0 fully saturated rings. The molecule has 0 saturated carbocycles. The third-order valence-corrected chi connectivity index (χ3v) is 2.77. The smallest absolute Gasteiger partial charge is 0.297 e. The van der Waals surface area contributed by atoms with Crippen LogP contribution in [0.25, 0.3) is 0 Å². The van der Waals surface area contributed by atoms with Crippen molar-refractivity contribution in [2.45, 2.75) is 45.3 Å². The van der Waals surface area contributed by atoms with E-state index < -0.39 is 15.4 Å². The van der Waals surface area contributed by atoms with Crippen molar-refractivity contribution in [3.63, 3.8) is 0 Å². The number of aromatic nitrogens is 3. The summed E-state index contributed by atoms with van der Waals surface area (Å²) in [5.74, 6) is 0.804. The maximum absolute atomic E-state index is 12.9. The van der Waals surface area contributed by atoms with E-state index in [-0.39, 0.29) is 6.04 Å². The van der Waals surface area contributed by atoms with Gasteiger partial charge in [-0.3, -0.25) is 4.57 Å². The summed E-state index contributed by atoms with van der Waals surface area (Å²) in [5.41, 5.74) is 0. The maximum Gasteiger partial charge on any atom is 0.368 e. The topological polar surface area (TPSA) is 64.8 Å². The lowest BCUT2D eigenvalue weighted by Crippen LogP contribution is -2.13. The van der Waals surface area contributed by atoms with E-state index in [0.717, 1.165) is 0 Å². The van der Waals surface area contributed by atoms with Gasteiger partial charge < -0.3 is 0 Å². The zero-order valence-electron chi connectivity index (χ0n) is 9.81. The molecule has 0 amide bonds. The Kier molecular flexibility index (Phi) is 3.67. The van der Waals surface area contributed by atoms with E-state index in [1.165, 1.54) is 4.57 Å². The van der Waals surface area contributed by atoms with Gasteiger partial charge in [0.05, 0.1) is 0 Å². The lowest BCUT2D eigenvalue weighted by Gasteiger charge is -2.13. The van der Waals surface area contributed by atoms with Gasteiger partial charge in [-0.1, -0.05) is 17.7 Å². The second kappa shape index (κ2) is 4.48. The van der Waals surface area contributed by atoms with E-state index in [2.05, 4.69) is 10.2 Å². The molecule has 7 heteroatoms. The molecule has 16 heavy (non-hydrogen) atoms. The average Bonchev–Trinajstić information content (AvgIpc) is 2.45. The maximum atomic E-state index is 12.9. The minimum Gasteiger partial charge on any atom is -0.297 e. The van der Waals surface area contributed by atoms with Crippen LogP contribution in [0, 0.1) is 5.92 Å². The summed E-state index contributed by atoms with van der Waals surface area (Å²) in [6.45, 7) is 7.48. The molecule has 0 N–H and O–H groups in total. The number of hydrogen-bond acceptors (Lipinski definition) is 4. The van der Waals surface area contributed by atoms with Crippen LogP contribution in [0.3, 0.4) is 0 Å². The summed E-state index contributed by atoms with van der Waals surface area (Å²) >= 11 is 0. The molecule has 0 aliphatic heterocycles. The van der Waals surface area contributed by atoms with Gasteiger partial charge >= 0.3 is 10.2 Å². The Morgan fingerprint density at radius 1 is 1.25 bits per heavy atom. The Bertz CT molecular complexity index is 465. The van der Waals surface area contributed by atoms with Gasteiger partial charge in [0.15, 0.2) is 0 Å². The second-order valence-corrected chi connectivity index (χ2v) is 5.64. The minimum absolute atomic E-state index is 0.190. The molecule has 0 saturated heterocycles. The van der Waals surface area contributed by atoms with Crippen molar-refractivity contribution in [3.8, 4) is 0 Å². The van der Waals surface area contributed by atoms with Crippen molar-refractivity contribution < 1.29 is 12.3 Å². The Morgan fingerprint density at radius 2 is 1.81 bits per heavy atom. The van der Waals surface area contributed by atoms with Crippen LogP contribution in [0.4, 0.5) is 3.89 Å². The highest BCUT2D eigenvalue weighted by molar-refractivity contribution is 7.86. The van der Waals surface area contributed by atoms with Gasteiger partial charge in [0.25, 0.3) is 5.16 Å². The van der Waals surface area contributed by atoms with Gasteiger partial charge in [-0.15, -0.1) is 10.2 Å². The number of hydrogen-bond donors (Lipinski definition) is 0. The van der Waals surface area contributed by atoms with Gasteiger partial charge in [0, 0.05) is 12.5 Å². The largest absolute Gasteiger partial charge is 0.368 e. The summed E-state index contributed by atoms with van der Waals surface area (Å²) in [5, 5.41) is 6.55. The van der Waals surface area contributed by atoms with Crippen LogP contribution in [0.2, 0.25) is 0 Å². The Morgan fingerprint density at radius 3 is 2.19 bits per heavy atom. The summed E-state index contributed by atoms with van der Waals surface area (Å²) in [4.78, 5) is 0. The van der Waals surface area contributed by atoms with Crippen molar-refractivity contribution in [1.29, 1.82) is 0 Å². The first-order chi connectivity index (χ1) is 7.23. The molecule has 92 valence electrons. The van der Waals surface area contributed by atoms with Crippen LogP contribution in [-0.2, 0) is 16.6 Å². The van der Waals surface area contributed by atoms with Crippen LogP contribution in [0.15, 0.2) is 5.16 Å². The first kappa shape index (κ1) is 13.1. The van der Waals surface area contributed by atoms with Gasteiger partial charge in [0.1, 0.15) is 5.82 Å². The summed E-state index contributed by atoms with van der Waals surface area (Å²) in [6, 6.07) is -0.190. The van der Waals surface area contributed by atoms with E-state index in [1.807, 2.05) is 13.8 Å². The van der Waals surface area contributed by atoms with E-state index in [9.17, 15) is 12.3 Å². The standard InChI is InChI=1S/C9H16FN3O2S/c1-6(2)5-8-11-12-9(16(10,14)15)13(8)7(3)4/h6-7H,5H2,1-4H3. The lowest BCUT2D eigenvalue weighted by atomic mass is 10.1. The number of halogens is 1. The average molecular weight is 249 g/mol. The minimum atomic E-state index is -4.80. The normalized spacial score (nSPS) is 12.7. The monoisotopic (exact) mass is 249 g/mol. The molecule has 0 atom stereocenters. The zero-order valence-corrected chi connectivity index (χ0v) is 10.6. The van der Waals surface area contributed by atoms with Crippen molar-refractivity contribution in [1.82, 2.24) is 14.8 Å². The molecule has 1 rings (SSSR count). The molecule has 0 spiro atoms. The van der Waals surface area contributed by atoms with Crippen LogP contribution in [-0.4, -0.2) is 23.2 Å². The Labute approximate surface area is 94.9 Å². The predicted octanol–water partition coefficient (Wildman–Crippen LogP) is 1.72. The van der Waals surface area contributed by atoms with Crippen LogP contribution >= 0.6 is 0 Å². The lowest BCUT2D eigenvalue weighted by molar-refractivity contribution is 0.473. The molecule has 1 heterocycles. The number of rotatable bonds is 4. The first-order valence-electron chi connectivity index (χ1n) is 5.12. The highest BCUT2D eigenvalue weighted by Crippen LogP contribution is 2.19. The molecule has 0 aromatic carbocycles. The fourth-order valence-corrected chi connectivity index (χ4v) is 2.19. The van der Waals surface area contributed by atoms with E-state index in [4.69, 9.17) is 0 Å². The fraction of sp³-hybridized carbons (Fsp3) is 0.778. The zero-order chi connectivity index (χ0) is 12.5. The third kappa shape index (κ3) is 2.78. The molecule has 0 aliphatic rings. The fourth-order valence-electron chi connectivity index (χ4n) is 1.50. The molecule has 1 aromatic rings. The molecule has 0 aliphatic carbocycles. The first-order valence-corrected chi connectivity index (χ1v) is 6.50. The van der Waals surface area contributed by atoms with Crippen LogP contribution < -0.4 is 0 Å². The molecule has 1 aromatic heterocycles. The molecule has 0 unspecified atom stereocenters. The highest BCUT2D eigenvalue weighted by Gasteiger charge is 2.25. The summed E-state index contributed by atoms with van der Waals surface area (Å²) in [6.07, 6.45) is 0.570. The second-order valence-electron chi connectivity index (χ2n) is 4.40. The molecular weight excluding hydrogens is 233 g/mol. The van der Waals surface area contributed by atoms with Crippen LogP contribution in [0.1, 0.15) is 39.6 Å². The van der Waals surface area contributed by atoms with E-state index in [0.29, 0.717) is 18.2 Å². The molecule has 0 radical (unpaired) electrons. The summed E-state index contributed by atoms with van der Waals surface area (Å²) in [7, 11) is -4.80. The predicted molar refractivity (Wildman–Crippen MR) is 57.2 cm³/mol. The van der Waals surface area contributed by atoms with E-state index >= 15 is 0 Å². The molecule has 5 nitrogen and oxygen atoms in total. The third-order valence-electron chi connectivity index (χ3n) is 2.06.